The fraction of sp³-hybridized carbons (Fsp3) is 0.250. The van der Waals surface area contributed by atoms with E-state index in [2.05, 4.69) is 9.53 Å². The number of hydrogen-bond acceptors (Lipinski definition) is 3. The number of amides is 2. The molecule has 0 N–H and O–H groups in total. The molecular weight excluding hydrogens is 234 g/mol. The minimum atomic E-state index is -0.700. The number of nitrogens with zero attached hydrogens (tertiary/aromatic N) is 3. The van der Waals surface area contributed by atoms with Crippen molar-refractivity contribution in [3.63, 3.8) is 0 Å². The first-order valence-corrected chi connectivity index (χ1v) is 5.46. The van der Waals surface area contributed by atoms with Gasteiger partial charge >= 0.3 is 17.7 Å². The Kier molecular flexibility index (Phi) is 3.50. The van der Waals surface area contributed by atoms with Crippen molar-refractivity contribution in [2.24, 2.45) is 0 Å². The summed E-state index contributed by atoms with van der Waals surface area (Å²) in [7, 11) is 0. The molecule has 1 fully saturated rings. The lowest BCUT2D eigenvalue weighted by Crippen LogP contribution is -2.38. The van der Waals surface area contributed by atoms with Gasteiger partial charge in [-0.1, -0.05) is 30.3 Å². The fourth-order valence-corrected chi connectivity index (χ4v) is 1.68. The number of cyclic esters (lactones) is 1. The molecule has 92 valence electrons. The number of hydrogen-bond donors (Lipinski definition) is 0. The van der Waals surface area contributed by atoms with Crippen LogP contribution in [0.3, 0.4) is 0 Å². The minimum Gasteiger partial charge on any atom is -0.447 e. The van der Waals surface area contributed by atoms with Crippen LogP contribution in [-0.4, -0.2) is 40.6 Å². The molecule has 0 radical (unpaired) electrons. The van der Waals surface area contributed by atoms with Crippen LogP contribution >= 0.6 is 0 Å². The second kappa shape index (κ2) is 5.25. The summed E-state index contributed by atoms with van der Waals surface area (Å²) < 4.78 is 4.66. The Morgan fingerprint density at radius 3 is 2.67 bits per heavy atom. The molecule has 2 rings (SSSR count). The van der Waals surface area contributed by atoms with Gasteiger partial charge in [0, 0.05) is 0 Å². The number of ether oxygens (including phenoxy) is 1. The van der Waals surface area contributed by atoms with Crippen molar-refractivity contribution in [2.45, 2.75) is 6.42 Å². The predicted octanol–water partition coefficient (Wildman–Crippen LogP) is 0.879. The van der Waals surface area contributed by atoms with E-state index >= 15 is 0 Å². The van der Waals surface area contributed by atoms with E-state index in [1.54, 1.807) is 12.1 Å². The van der Waals surface area contributed by atoms with E-state index < -0.39 is 12.0 Å². The summed E-state index contributed by atoms with van der Waals surface area (Å²) >= 11 is 0. The van der Waals surface area contributed by atoms with Gasteiger partial charge in [-0.25, -0.2) is 9.69 Å². The van der Waals surface area contributed by atoms with Crippen molar-refractivity contribution >= 4 is 17.7 Å². The molecule has 1 aromatic carbocycles. The zero-order valence-electron chi connectivity index (χ0n) is 9.57. The van der Waals surface area contributed by atoms with Crippen molar-refractivity contribution < 1.29 is 19.1 Å². The second-order valence-electron chi connectivity index (χ2n) is 3.78. The molecule has 1 aliphatic heterocycles. The molecule has 0 bridgehead atoms. The molecule has 0 aromatic heterocycles. The normalized spacial score (nSPS) is 14.0. The van der Waals surface area contributed by atoms with Crippen molar-refractivity contribution in [3.8, 4) is 0 Å². The highest BCUT2D eigenvalue weighted by Gasteiger charge is 2.35. The molecule has 6 nitrogen and oxygen atoms in total. The first kappa shape index (κ1) is 12.0. The van der Waals surface area contributed by atoms with Gasteiger partial charge in [0.1, 0.15) is 6.61 Å². The van der Waals surface area contributed by atoms with E-state index in [1.165, 1.54) is 0 Å². The number of rotatable bonds is 3. The first-order valence-electron chi connectivity index (χ1n) is 5.46. The molecule has 2 amide bonds. The lowest BCUT2D eigenvalue weighted by atomic mass is 10.1. The number of carbonyl (C=O) groups excluding carboxylic acids is 2. The Labute approximate surface area is 103 Å². The molecule has 6 heteroatoms. The zero-order valence-corrected chi connectivity index (χ0v) is 9.57. The smallest absolute Gasteiger partial charge is 0.417 e. The van der Waals surface area contributed by atoms with Crippen molar-refractivity contribution in [1.29, 1.82) is 0 Å². The third kappa shape index (κ3) is 2.44. The van der Waals surface area contributed by atoms with Crippen LogP contribution in [0.4, 0.5) is 4.79 Å². The maximum atomic E-state index is 11.9. The van der Waals surface area contributed by atoms with Gasteiger partial charge in [0.2, 0.25) is 0 Å². The third-order valence-electron chi connectivity index (χ3n) is 2.59. The van der Waals surface area contributed by atoms with Crippen LogP contribution in [0.2, 0.25) is 0 Å². The Bertz CT molecular complexity index is 521. The standard InChI is InChI=1S/C12H11N3O3/c13-14-10(8-9-4-2-1-3-5-9)11(16)15-6-7-18-12(15)17/h1-5H,6-8H2. The summed E-state index contributed by atoms with van der Waals surface area (Å²) in [5.74, 6) is -0.621. The maximum Gasteiger partial charge on any atom is 0.417 e. The summed E-state index contributed by atoms with van der Waals surface area (Å²) in [6.45, 7) is 0.361. The summed E-state index contributed by atoms with van der Waals surface area (Å²) in [5.41, 5.74) is 9.63. The molecule has 1 aromatic rings. The van der Waals surface area contributed by atoms with Gasteiger partial charge in [-0.15, -0.1) is 0 Å². The van der Waals surface area contributed by atoms with E-state index in [4.69, 9.17) is 5.53 Å². The molecule has 1 heterocycles. The van der Waals surface area contributed by atoms with E-state index in [0.717, 1.165) is 10.5 Å². The van der Waals surface area contributed by atoms with Crippen LogP contribution < -0.4 is 0 Å². The molecule has 0 aliphatic carbocycles. The Hall–Kier alpha value is -2.46. The SMILES string of the molecule is [N-]=[N+]=C(Cc1ccccc1)C(=O)N1CCOC1=O. The van der Waals surface area contributed by atoms with E-state index in [0.29, 0.717) is 0 Å². The van der Waals surface area contributed by atoms with E-state index in [-0.39, 0.29) is 25.3 Å². The Balaban J connectivity index is 2.13. The number of carbonyl (C=O) groups is 2. The molecule has 0 saturated carbocycles. The van der Waals surface area contributed by atoms with Crippen LogP contribution in [0, 0.1) is 0 Å². The third-order valence-corrected chi connectivity index (χ3v) is 2.59. The van der Waals surface area contributed by atoms with Crippen LogP contribution in [0.15, 0.2) is 30.3 Å². The first-order chi connectivity index (χ1) is 8.72. The highest BCUT2D eigenvalue weighted by atomic mass is 16.6. The molecule has 0 unspecified atom stereocenters. The monoisotopic (exact) mass is 245 g/mol. The lowest BCUT2D eigenvalue weighted by Gasteiger charge is -2.06. The largest absolute Gasteiger partial charge is 0.447 e. The van der Waals surface area contributed by atoms with Gasteiger partial charge in [0.05, 0.1) is 13.0 Å². The van der Waals surface area contributed by atoms with Gasteiger partial charge < -0.3 is 10.3 Å². The average Bonchev–Trinajstić information content (AvgIpc) is 2.82. The van der Waals surface area contributed by atoms with Crippen molar-refractivity contribution in [2.75, 3.05) is 13.2 Å². The second-order valence-corrected chi connectivity index (χ2v) is 3.78. The quantitative estimate of drug-likeness (QED) is 0.450. The molecule has 1 saturated heterocycles. The van der Waals surface area contributed by atoms with E-state index in [9.17, 15) is 9.59 Å². The Morgan fingerprint density at radius 1 is 1.39 bits per heavy atom. The average molecular weight is 245 g/mol. The van der Waals surface area contributed by atoms with Crippen molar-refractivity contribution in [1.82, 2.24) is 4.90 Å². The molecule has 0 spiro atoms. The minimum absolute atomic E-state index is 0.0833. The molecule has 0 atom stereocenters. The molecular formula is C12H11N3O3. The van der Waals surface area contributed by atoms with Gasteiger partial charge in [-0.05, 0) is 5.56 Å². The molecule has 1 aliphatic rings. The summed E-state index contributed by atoms with van der Waals surface area (Å²) in [5, 5.41) is 0. The van der Waals surface area contributed by atoms with Gasteiger partial charge in [-0.3, -0.25) is 4.79 Å². The van der Waals surface area contributed by atoms with Gasteiger partial charge in [-0.2, -0.15) is 4.79 Å². The zero-order chi connectivity index (χ0) is 13.0. The number of benzene rings is 1. The lowest BCUT2D eigenvalue weighted by molar-refractivity contribution is -0.125. The van der Waals surface area contributed by atoms with Crippen LogP contribution in [0.25, 0.3) is 5.53 Å². The summed E-state index contributed by atoms with van der Waals surface area (Å²) in [4.78, 5) is 27.1. The Morgan fingerprint density at radius 2 is 2.11 bits per heavy atom. The van der Waals surface area contributed by atoms with Crippen LogP contribution in [0.1, 0.15) is 5.56 Å². The van der Waals surface area contributed by atoms with Gasteiger partial charge in [0.15, 0.2) is 0 Å². The fourth-order valence-electron chi connectivity index (χ4n) is 1.68. The maximum absolute atomic E-state index is 11.9. The van der Waals surface area contributed by atoms with Crippen LogP contribution in [-0.2, 0) is 16.0 Å². The highest BCUT2D eigenvalue weighted by Crippen LogP contribution is 2.07. The molecule has 18 heavy (non-hydrogen) atoms. The van der Waals surface area contributed by atoms with E-state index in [1.807, 2.05) is 18.2 Å². The van der Waals surface area contributed by atoms with Crippen molar-refractivity contribution in [3.05, 3.63) is 41.4 Å². The topological polar surface area (TPSA) is 83.0 Å². The van der Waals surface area contributed by atoms with Gasteiger partial charge in [0.25, 0.3) is 0 Å². The van der Waals surface area contributed by atoms with Crippen LogP contribution in [0.5, 0.6) is 0 Å². The summed E-state index contributed by atoms with van der Waals surface area (Å²) in [6, 6.07) is 9.10. The summed E-state index contributed by atoms with van der Waals surface area (Å²) in [6.07, 6.45) is -0.533. The highest BCUT2D eigenvalue weighted by molar-refractivity contribution is 6.39. The predicted molar refractivity (Wildman–Crippen MR) is 61.8 cm³/mol. The number of imide groups is 1.